The van der Waals surface area contributed by atoms with Crippen LogP contribution in [0.2, 0.25) is 5.02 Å². The maximum Gasteiger partial charge on any atom is 0.391 e. The first-order valence-electron chi connectivity index (χ1n) is 6.54. The molecular formula is C13H14ClF3N2O2. The van der Waals surface area contributed by atoms with Gasteiger partial charge < -0.3 is 5.32 Å². The molecule has 0 saturated heterocycles. The Morgan fingerprint density at radius 2 is 1.86 bits per heavy atom. The fraction of sp³-hybridized carbons (Fsp3) is 0.538. The molecule has 116 valence electrons. The maximum atomic E-state index is 12.6. The number of hydrogen-bond donors (Lipinski definition) is 1. The van der Waals surface area contributed by atoms with Crippen molar-refractivity contribution in [1.29, 1.82) is 0 Å². The molecule has 0 amide bonds. The van der Waals surface area contributed by atoms with Gasteiger partial charge >= 0.3 is 6.18 Å². The second-order valence-corrected chi connectivity index (χ2v) is 5.56. The van der Waals surface area contributed by atoms with Gasteiger partial charge in [-0.15, -0.1) is 0 Å². The van der Waals surface area contributed by atoms with E-state index in [1.807, 2.05) is 0 Å². The van der Waals surface area contributed by atoms with Crippen molar-refractivity contribution in [2.45, 2.75) is 37.9 Å². The average Bonchev–Trinajstić information content (AvgIpc) is 2.38. The Morgan fingerprint density at radius 3 is 2.33 bits per heavy atom. The molecule has 1 fully saturated rings. The normalized spacial score (nSPS) is 22.9. The summed E-state index contributed by atoms with van der Waals surface area (Å²) >= 11 is 5.79. The van der Waals surface area contributed by atoms with Crippen molar-refractivity contribution >= 4 is 23.0 Å². The minimum atomic E-state index is -4.12. The molecule has 8 heteroatoms. The van der Waals surface area contributed by atoms with E-state index in [9.17, 15) is 23.3 Å². The molecule has 0 radical (unpaired) electrons. The van der Waals surface area contributed by atoms with Crippen LogP contribution in [0.4, 0.5) is 24.5 Å². The molecule has 4 nitrogen and oxygen atoms in total. The number of alkyl halides is 3. The van der Waals surface area contributed by atoms with Gasteiger partial charge in [-0.3, -0.25) is 10.1 Å². The Bertz CT molecular complexity index is 529. The first kappa shape index (κ1) is 15.9. The molecule has 1 aliphatic rings. The highest BCUT2D eigenvalue weighted by Crippen LogP contribution is 2.38. The number of rotatable bonds is 3. The number of hydrogen-bond acceptors (Lipinski definition) is 3. The summed E-state index contributed by atoms with van der Waals surface area (Å²) in [6, 6.07) is 4.16. The van der Waals surface area contributed by atoms with E-state index >= 15 is 0 Å². The first-order valence-corrected chi connectivity index (χ1v) is 6.92. The van der Waals surface area contributed by atoms with Crippen molar-refractivity contribution in [3.8, 4) is 0 Å². The number of nitrogens with zero attached hydrogens (tertiary/aromatic N) is 1. The summed E-state index contributed by atoms with van der Waals surface area (Å²) in [4.78, 5) is 10.1. The third-order valence-electron chi connectivity index (χ3n) is 3.71. The summed E-state index contributed by atoms with van der Waals surface area (Å²) in [7, 11) is 0. The second-order valence-electron chi connectivity index (χ2n) is 5.16. The molecule has 21 heavy (non-hydrogen) atoms. The molecule has 2 rings (SSSR count). The van der Waals surface area contributed by atoms with Crippen LogP contribution in [0, 0.1) is 16.0 Å². The second kappa shape index (κ2) is 6.09. The summed E-state index contributed by atoms with van der Waals surface area (Å²) < 4.78 is 37.7. The van der Waals surface area contributed by atoms with Crippen molar-refractivity contribution in [2.24, 2.45) is 5.92 Å². The lowest BCUT2D eigenvalue weighted by Gasteiger charge is -2.30. The van der Waals surface area contributed by atoms with Gasteiger partial charge in [0, 0.05) is 17.8 Å². The van der Waals surface area contributed by atoms with E-state index in [0.717, 1.165) is 0 Å². The van der Waals surface area contributed by atoms with Crippen LogP contribution in [-0.2, 0) is 0 Å². The number of benzene rings is 1. The van der Waals surface area contributed by atoms with Crippen molar-refractivity contribution in [3.63, 3.8) is 0 Å². The number of nitrogens with one attached hydrogen (secondary N) is 1. The van der Waals surface area contributed by atoms with Crippen LogP contribution in [0.25, 0.3) is 0 Å². The van der Waals surface area contributed by atoms with E-state index < -0.39 is 17.0 Å². The zero-order chi connectivity index (χ0) is 15.6. The van der Waals surface area contributed by atoms with Crippen molar-refractivity contribution < 1.29 is 18.1 Å². The highest BCUT2D eigenvalue weighted by molar-refractivity contribution is 6.32. The molecule has 0 bridgehead atoms. The minimum Gasteiger partial charge on any atom is -0.382 e. The molecule has 0 aliphatic heterocycles. The van der Waals surface area contributed by atoms with E-state index in [-0.39, 0.29) is 29.6 Å². The molecular weight excluding hydrogens is 309 g/mol. The van der Waals surface area contributed by atoms with Crippen LogP contribution in [0.5, 0.6) is 0 Å². The highest BCUT2D eigenvalue weighted by Gasteiger charge is 2.41. The van der Waals surface area contributed by atoms with Crippen molar-refractivity contribution in [3.05, 3.63) is 33.3 Å². The van der Waals surface area contributed by atoms with Crippen LogP contribution in [-0.4, -0.2) is 17.1 Å². The lowest BCUT2D eigenvalue weighted by molar-refractivity contribution is -0.384. The van der Waals surface area contributed by atoms with Crippen LogP contribution < -0.4 is 5.32 Å². The van der Waals surface area contributed by atoms with Crippen LogP contribution in [0.3, 0.4) is 0 Å². The van der Waals surface area contributed by atoms with E-state index in [0.29, 0.717) is 18.5 Å². The Hall–Kier alpha value is -1.50. The van der Waals surface area contributed by atoms with E-state index in [4.69, 9.17) is 11.6 Å². The predicted octanol–water partition coefficient (Wildman–Crippen LogP) is 4.78. The molecule has 1 aliphatic carbocycles. The third kappa shape index (κ3) is 4.00. The Morgan fingerprint density at radius 1 is 1.24 bits per heavy atom. The molecule has 1 aromatic carbocycles. The van der Waals surface area contributed by atoms with E-state index in [1.54, 1.807) is 0 Å². The fourth-order valence-electron chi connectivity index (χ4n) is 2.55. The molecule has 0 spiro atoms. The van der Waals surface area contributed by atoms with Gasteiger partial charge in [0.25, 0.3) is 5.69 Å². The fourth-order valence-corrected chi connectivity index (χ4v) is 2.80. The molecule has 1 saturated carbocycles. The highest BCUT2D eigenvalue weighted by atomic mass is 35.5. The topological polar surface area (TPSA) is 55.2 Å². The van der Waals surface area contributed by atoms with Gasteiger partial charge in [0.1, 0.15) is 5.02 Å². The van der Waals surface area contributed by atoms with Crippen LogP contribution in [0.15, 0.2) is 18.2 Å². The molecule has 0 unspecified atom stereocenters. The zero-order valence-corrected chi connectivity index (χ0v) is 11.7. The average molecular weight is 323 g/mol. The quantitative estimate of drug-likeness (QED) is 0.643. The standard InChI is InChI=1S/C13H14ClF3N2O2/c14-11-7-10(5-6-12(11)19(20)21)18-9-3-1-8(2-4-9)13(15,16)17/h5-9,18H,1-4H2. The smallest absolute Gasteiger partial charge is 0.382 e. The summed E-state index contributed by atoms with van der Waals surface area (Å²) in [5.74, 6) is -1.23. The predicted molar refractivity (Wildman–Crippen MR) is 73.5 cm³/mol. The SMILES string of the molecule is O=[N+]([O-])c1ccc(NC2CCC(C(F)(F)F)CC2)cc1Cl. The van der Waals surface area contributed by atoms with Crippen molar-refractivity contribution in [2.75, 3.05) is 5.32 Å². The van der Waals surface area contributed by atoms with Crippen LogP contribution in [0.1, 0.15) is 25.7 Å². The lowest BCUT2D eigenvalue weighted by atomic mass is 9.85. The van der Waals surface area contributed by atoms with Gasteiger partial charge in [0.15, 0.2) is 0 Å². The summed E-state index contributed by atoms with van der Waals surface area (Å²) in [5, 5.41) is 13.7. The molecule has 0 aromatic heterocycles. The number of halogens is 4. The monoisotopic (exact) mass is 322 g/mol. The number of anilines is 1. The Labute approximate surface area is 124 Å². The summed E-state index contributed by atoms with van der Waals surface area (Å²) in [6.45, 7) is 0. The van der Waals surface area contributed by atoms with Gasteiger partial charge in [-0.25, -0.2) is 0 Å². The minimum absolute atomic E-state index is 0.00831. The molecule has 0 heterocycles. The van der Waals surface area contributed by atoms with Gasteiger partial charge in [-0.2, -0.15) is 13.2 Å². The number of nitro benzene ring substituents is 1. The summed E-state index contributed by atoms with van der Waals surface area (Å²) in [5.41, 5.74) is 0.393. The largest absolute Gasteiger partial charge is 0.391 e. The van der Waals surface area contributed by atoms with Gasteiger partial charge in [0.2, 0.25) is 0 Å². The maximum absolute atomic E-state index is 12.6. The lowest BCUT2D eigenvalue weighted by Crippen LogP contribution is -2.32. The van der Waals surface area contributed by atoms with Gasteiger partial charge in [-0.05, 0) is 37.8 Å². The number of nitro groups is 1. The van der Waals surface area contributed by atoms with E-state index in [1.165, 1.54) is 18.2 Å². The van der Waals surface area contributed by atoms with Gasteiger partial charge in [0.05, 0.1) is 10.8 Å². The van der Waals surface area contributed by atoms with Gasteiger partial charge in [-0.1, -0.05) is 11.6 Å². The Kier molecular flexibility index (Phi) is 4.61. The first-order chi connectivity index (χ1) is 9.77. The van der Waals surface area contributed by atoms with Crippen molar-refractivity contribution in [1.82, 2.24) is 0 Å². The summed E-state index contributed by atoms with van der Waals surface area (Å²) in [6.07, 6.45) is -3.09. The zero-order valence-electron chi connectivity index (χ0n) is 11.0. The van der Waals surface area contributed by atoms with E-state index in [2.05, 4.69) is 5.32 Å². The van der Waals surface area contributed by atoms with Crippen LogP contribution >= 0.6 is 11.6 Å². The Balaban J connectivity index is 1.95. The molecule has 1 aromatic rings. The third-order valence-corrected chi connectivity index (χ3v) is 4.01. The molecule has 1 N–H and O–H groups in total. The molecule has 0 atom stereocenters.